The zero-order chi connectivity index (χ0) is 13.3. The number of aryl methyl sites for hydroxylation is 1. The Hall–Kier alpha value is -1.90. The monoisotopic (exact) mass is 241 g/mol. The number of aromatic nitrogens is 2. The molecule has 0 amide bonds. The van der Waals surface area contributed by atoms with Gasteiger partial charge in [0, 0.05) is 22.4 Å². The zero-order valence-corrected chi connectivity index (χ0v) is 11.4. The molecule has 2 N–H and O–H groups in total. The lowest BCUT2D eigenvalue weighted by atomic mass is 9.91. The molecule has 0 aliphatic rings. The first-order valence-electron chi connectivity index (χ1n) is 6.09. The van der Waals surface area contributed by atoms with Crippen molar-refractivity contribution < 1.29 is 0 Å². The average molecular weight is 241 g/mol. The smallest absolute Gasteiger partial charge is 0.161 e. The third-order valence-corrected chi connectivity index (χ3v) is 2.82. The van der Waals surface area contributed by atoms with Gasteiger partial charge in [-0.3, -0.25) is 0 Å². The Bertz CT molecular complexity index is 568. The molecular weight excluding hydrogens is 222 g/mol. The first-order chi connectivity index (χ1) is 8.38. The molecule has 0 bridgehead atoms. The third kappa shape index (κ3) is 2.50. The number of benzene rings is 1. The van der Waals surface area contributed by atoms with Crippen molar-refractivity contribution >= 4 is 5.69 Å². The Morgan fingerprint density at radius 3 is 2.33 bits per heavy atom. The summed E-state index contributed by atoms with van der Waals surface area (Å²) < 4.78 is 0. The lowest BCUT2D eigenvalue weighted by molar-refractivity contribution is 0.567. The van der Waals surface area contributed by atoms with Crippen LogP contribution in [-0.2, 0) is 5.41 Å². The number of hydrogen-bond acceptors (Lipinski definition) is 3. The SMILES string of the molecule is Cc1cc(C(C)(C)C)nc(-c2ccccc2N)n1. The van der Waals surface area contributed by atoms with Crippen molar-refractivity contribution in [1.29, 1.82) is 0 Å². The van der Waals surface area contributed by atoms with Crippen LogP contribution in [0.1, 0.15) is 32.2 Å². The number of nitrogen functional groups attached to an aromatic ring is 1. The van der Waals surface area contributed by atoms with E-state index >= 15 is 0 Å². The van der Waals surface area contributed by atoms with Gasteiger partial charge in [-0.1, -0.05) is 32.9 Å². The fourth-order valence-corrected chi connectivity index (χ4v) is 1.77. The average Bonchev–Trinajstić information content (AvgIpc) is 2.27. The van der Waals surface area contributed by atoms with E-state index in [2.05, 4.69) is 30.7 Å². The number of rotatable bonds is 1. The number of hydrogen-bond donors (Lipinski definition) is 1. The quantitative estimate of drug-likeness (QED) is 0.779. The summed E-state index contributed by atoms with van der Waals surface area (Å²) in [4.78, 5) is 9.13. The molecule has 2 rings (SSSR count). The van der Waals surface area contributed by atoms with E-state index in [-0.39, 0.29) is 5.41 Å². The van der Waals surface area contributed by atoms with E-state index in [0.29, 0.717) is 11.5 Å². The van der Waals surface area contributed by atoms with Gasteiger partial charge < -0.3 is 5.73 Å². The van der Waals surface area contributed by atoms with Gasteiger partial charge in [-0.15, -0.1) is 0 Å². The van der Waals surface area contributed by atoms with Crippen molar-refractivity contribution in [1.82, 2.24) is 9.97 Å². The molecule has 2 aromatic rings. The molecule has 0 unspecified atom stereocenters. The summed E-state index contributed by atoms with van der Waals surface area (Å²) in [6.07, 6.45) is 0. The minimum atomic E-state index is 0.00594. The Kier molecular flexibility index (Phi) is 3.07. The first-order valence-corrected chi connectivity index (χ1v) is 6.09. The Morgan fingerprint density at radius 1 is 1.06 bits per heavy atom. The van der Waals surface area contributed by atoms with Crippen LogP contribution in [0.25, 0.3) is 11.4 Å². The van der Waals surface area contributed by atoms with Gasteiger partial charge >= 0.3 is 0 Å². The summed E-state index contributed by atoms with van der Waals surface area (Å²) in [6, 6.07) is 9.73. The van der Waals surface area contributed by atoms with Gasteiger partial charge in [0.15, 0.2) is 5.82 Å². The Balaban J connectivity index is 2.60. The fraction of sp³-hybridized carbons (Fsp3) is 0.333. The van der Waals surface area contributed by atoms with E-state index < -0.39 is 0 Å². The summed E-state index contributed by atoms with van der Waals surface area (Å²) in [5, 5.41) is 0. The summed E-state index contributed by atoms with van der Waals surface area (Å²) in [5.74, 6) is 0.707. The molecule has 0 aliphatic heterocycles. The van der Waals surface area contributed by atoms with Gasteiger partial charge in [-0.2, -0.15) is 0 Å². The number of nitrogens with zero attached hydrogens (tertiary/aromatic N) is 2. The second kappa shape index (κ2) is 4.41. The molecule has 0 spiro atoms. The molecule has 94 valence electrons. The van der Waals surface area contributed by atoms with Crippen LogP contribution in [0.5, 0.6) is 0 Å². The largest absolute Gasteiger partial charge is 0.398 e. The topological polar surface area (TPSA) is 51.8 Å². The predicted molar refractivity (Wildman–Crippen MR) is 75.3 cm³/mol. The summed E-state index contributed by atoms with van der Waals surface area (Å²) in [6.45, 7) is 8.42. The van der Waals surface area contributed by atoms with E-state index in [1.807, 2.05) is 37.3 Å². The number of para-hydroxylation sites is 1. The van der Waals surface area contributed by atoms with Crippen molar-refractivity contribution in [3.8, 4) is 11.4 Å². The number of nitrogens with two attached hydrogens (primary N) is 1. The van der Waals surface area contributed by atoms with E-state index in [4.69, 9.17) is 5.73 Å². The predicted octanol–water partition coefficient (Wildman–Crippen LogP) is 3.33. The van der Waals surface area contributed by atoms with Gasteiger partial charge in [0.1, 0.15) is 0 Å². The summed E-state index contributed by atoms with van der Waals surface area (Å²) in [7, 11) is 0. The van der Waals surface area contributed by atoms with Crippen molar-refractivity contribution in [2.75, 3.05) is 5.73 Å². The normalized spacial score (nSPS) is 11.6. The molecule has 0 saturated heterocycles. The van der Waals surface area contributed by atoms with Crippen LogP contribution < -0.4 is 5.73 Å². The van der Waals surface area contributed by atoms with Gasteiger partial charge in [-0.25, -0.2) is 9.97 Å². The molecule has 0 atom stereocenters. The maximum Gasteiger partial charge on any atom is 0.161 e. The lowest BCUT2D eigenvalue weighted by Crippen LogP contribution is -2.15. The van der Waals surface area contributed by atoms with Crippen LogP contribution in [0.4, 0.5) is 5.69 Å². The molecule has 0 aliphatic carbocycles. The number of anilines is 1. The van der Waals surface area contributed by atoms with Crippen LogP contribution >= 0.6 is 0 Å². The standard InChI is InChI=1S/C15H19N3/c1-10-9-13(15(2,3)4)18-14(17-10)11-7-5-6-8-12(11)16/h5-9H,16H2,1-4H3. The molecule has 3 heteroatoms. The van der Waals surface area contributed by atoms with Crippen molar-refractivity contribution in [3.05, 3.63) is 41.7 Å². The molecule has 1 aromatic heterocycles. The molecular formula is C15H19N3. The van der Waals surface area contributed by atoms with E-state index in [9.17, 15) is 0 Å². The molecule has 1 heterocycles. The van der Waals surface area contributed by atoms with Gasteiger partial charge in [0.25, 0.3) is 0 Å². The Labute approximate surface area is 108 Å². The molecule has 18 heavy (non-hydrogen) atoms. The molecule has 3 nitrogen and oxygen atoms in total. The highest BCUT2D eigenvalue weighted by molar-refractivity contribution is 5.71. The minimum absolute atomic E-state index is 0.00594. The molecule has 0 fully saturated rings. The van der Waals surface area contributed by atoms with Crippen LogP contribution in [-0.4, -0.2) is 9.97 Å². The van der Waals surface area contributed by atoms with Gasteiger partial charge in [-0.05, 0) is 25.1 Å². The molecule has 0 radical (unpaired) electrons. The van der Waals surface area contributed by atoms with Crippen LogP contribution in [0.15, 0.2) is 30.3 Å². The van der Waals surface area contributed by atoms with E-state index in [0.717, 1.165) is 17.0 Å². The molecule has 1 aromatic carbocycles. The zero-order valence-electron chi connectivity index (χ0n) is 11.4. The van der Waals surface area contributed by atoms with Crippen molar-refractivity contribution in [2.24, 2.45) is 0 Å². The lowest BCUT2D eigenvalue weighted by Gasteiger charge is -2.19. The van der Waals surface area contributed by atoms with Crippen LogP contribution in [0.2, 0.25) is 0 Å². The fourth-order valence-electron chi connectivity index (χ4n) is 1.77. The van der Waals surface area contributed by atoms with Crippen LogP contribution in [0.3, 0.4) is 0 Å². The Morgan fingerprint density at radius 2 is 1.72 bits per heavy atom. The van der Waals surface area contributed by atoms with Crippen molar-refractivity contribution in [3.63, 3.8) is 0 Å². The highest BCUT2D eigenvalue weighted by Gasteiger charge is 2.18. The molecule has 0 saturated carbocycles. The highest BCUT2D eigenvalue weighted by atomic mass is 14.9. The van der Waals surface area contributed by atoms with Gasteiger partial charge in [0.05, 0.1) is 5.69 Å². The van der Waals surface area contributed by atoms with Gasteiger partial charge in [0.2, 0.25) is 0 Å². The maximum absolute atomic E-state index is 5.98. The second-order valence-electron chi connectivity index (χ2n) is 5.56. The van der Waals surface area contributed by atoms with Crippen LogP contribution in [0, 0.1) is 6.92 Å². The van der Waals surface area contributed by atoms with Crippen molar-refractivity contribution in [2.45, 2.75) is 33.1 Å². The summed E-state index contributed by atoms with van der Waals surface area (Å²) >= 11 is 0. The maximum atomic E-state index is 5.98. The second-order valence-corrected chi connectivity index (χ2v) is 5.56. The minimum Gasteiger partial charge on any atom is -0.398 e. The van der Waals surface area contributed by atoms with E-state index in [1.54, 1.807) is 0 Å². The summed E-state index contributed by atoms with van der Waals surface area (Å²) in [5.41, 5.74) is 9.60. The first kappa shape index (κ1) is 12.6. The van der Waals surface area contributed by atoms with E-state index in [1.165, 1.54) is 0 Å². The highest BCUT2D eigenvalue weighted by Crippen LogP contribution is 2.26. The third-order valence-electron chi connectivity index (χ3n) is 2.82.